The predicted octanol–water partition coefficient (Wildman–Crippen LogP) is 3.67. The fourth-order valence-corrected chi connectivity index (χ4v) is 5.48. The highest BCUT2D eigenvalue weighted by atomic mass is 32.2. The lowest BCUT2D eigenvalue weighted by Crippen LogP contribution is -2.27. The summed E-state index contributed by atoms with van der Waals surface area (Å²) in [4.78, 5) is 9.31. The van der Waals surface area contributed by atoms with Crippen LogP contribution in [-0.2, 0) is 10.0 Å². The average Bonchev–Trinajstić information content (AvgIpc) is 3.25. The smallest absolute Gasteiger partial charge is 0.243 e. The van der Waals surface area contributed by atoms with E-state index < -0.39 is 10.0 Å². The summed E-state index contributed by atoms with van der Waals surface area (Å²) in [5.74, 6) is 0.618. The molecule has 0 amide bonds. The number of nitrogens with one attached hydrogen (secondary N) is 1. The minimum Gasteiger partial charge on any atom is -0.351 e. The third kappa shape index (κ3) is 4.14. The Bertz CT molecular complexity index is 888. The highest BCUT2D eigenvalue weighted by Crippen LogP contribution is 2.26. The molecule has 0 radical (unpaired) electrons. The second kappa shape index (κ2) is 7.94. The molecule has 2 heterocycles. The molecule has 7 heteroatoms. The van der Waals surface area contributed by atoms with Gasteiger partial charge in [0.1, 0.15) is 0 Å². The summed E-state index contributed by atoms with van der Waals surface area (Å²) in [5, 5.41) is 3.43. The van der Waals surface area contributed by atoms with Crippen LogP contribution in [0.3, 0.4) is 0 Å². The molecule has 1 saturated carbocycles. The van der Waals surface area contributed by atoms with Gasteiger partial charge in [-0.3, -0.25) is 0 Å². The van der Waals surface area contributed by atoms with Crippen molar-refractivity contribution in [3.05, 3.63) is 36.5 Å². The summed E-state index contributed by atoms with van der Waals surface area (Å²) in [7, 11) is -3.43. The second-order valence-electron chi connectivity index (χ2n) is 7.38. The molecule has 0 bridgehead atoms. The molecule has 1 N–H and O–H groups in total. The van der Waals surface area contributed by atoms with E-state index in [2.05, 4.69) is 15.3 Å². The maximum absolute atomic E-state index is 12.8. The van der Waals surface area contributed by atoms with Gasteiger partial charge in [-0.05, 0) is 43.9 Å². The van der Waals surface area contributed by atoms with E-state index in [1.807, 2.05) is 12.1 Å². The molecule has 2 aliphatic rings. The maximum atomic E-state index is 12.8. The van der Waals surface area contributed by atoms with Crippen molar-refractivity contribution in [3.63, 3.8) is 0 Å². The largest absolute Gasteiger partial charge is 0.351 e. The summed E-state index contributed by atoms with van der Waals surface area (Å²) in [6, 6.07) is 9.33. The first-order valence-corrected chi connectivity index (χ1v) is 11.3. The predicted molar refractivity (Wildman–Crippen MR) is 106 cm³/mol. The normalized spacial score (nSPS) is 19.3. The molecule has 1 aromatic heterocycles. The quantitative estimate of drug-likeness (QED) is 0.848. The van der Waals surface area contributed by atoms with Gasteiger partial charge in [-0.2, -0.15) is 4.31 Å². The van der Waals surface area contributed by atoms with Crippen LogP contribution >= 0.6 is 0 Å². The zero-order valence-electron chi connectivity index (χ0n) is 15.5. The zero-order chi connectivity index (χ0) is 18.7. The Kier molecular flexibility index (Phi) is 5.41. The van der Waals surface area contributed by atoms with Crippen LogP contribution in [0.4, 0.5) is 5.95 Å². The molecule has 1 aliphatic heterocycles. The van der Waals surface area contributed by atoms with Crippen LogP contribution in [0.15, 0.2) is 41.4 Å². The molecule has 2 aromatic rings. The summed E-state index contributed by atoms with van der Waals surface area (Å²) in [5.41, 5.74) is 1.53. The van der Waals surface area contributed by atoms with Gasteiger partial charge in [0.15, 0.2) is 0 Å². The number of nitrogens with zero attached hydrogens (tertiary/aromatic N) is 3. The number of benzene rings is 1. The van der Waals surface area contributed by atoms with Gasteiger partial charge < -0.3 is 5.32 Å². The highest BCUT2D eigenvalue weighted by molar-refractivity contribution is 7.89. The van der Waals surface area contributed by atoms with Crippen LogP contribution in [0.1, 0.15) is 44.9 Å². The molecular formula is C20H26N4O2S. The van der Waals surface area contributed by atoms with Gasteiger partial charge in [0, 0.05) is 30.9 Å². The third-order valence-electron chi connectivity index (χ3n) is 5.43. The van der Waals surface area contributed by atoms with Crippen LogP contribution in [0.25, 0.3) is 11.3 Å². The first-order chi connectivity index (χ1) is 13.1. The first-order valence-electron chi connectivity index (χ1n) is 9.83. The van der Waals surface area contributed by atoms with E-state index in [-0.39, 0.29) is 0 Å². The number of hydrogen-bond donors (Lipinski definition) is 1. The van der Waals surface area contributed by atoms with Crippen LogP contribution in [-0.4, -0.2) is 41.8 Å². The van der Waals surface area contributed by atoms with Crippen molar-refractivity contribution in [2.24, 2.45) is 0 Å². The second-order valence-corrected chi connectivity index (χ2v) is 9.32. The van der Waals surface area contributed by atoms with E-state index in [4.69, 9.17) is 0 Å². The summed E-state index contributed by atoms with van der Waals surface area (Å²) < 4.78 is 27.2. The van der Waals surface area contributed by atoms with Crippen LogP contribution < -0.4 is 5.32 Å². The van der Waals surface area contributed by atoms with E-state index in [9.17, 15) is 8.42 Å². The van der Waals surface area contributed by atoms with Crippen LogP contribution in [0, 0.1) is 0 Å². The standard InChI is InChI=1S/C20H26N4O2S/c25-27(26,24-13-4-5-14-24)18-10-6-7-16(15-18)19-11-12-21-20(23-19)22-17-8-2-1-3-9-17/h6-7,10-12,15,17H,1-5,8-9,13-14H2,(H,21,22,23). The molecule has 1 aliphatic carbocycles. The van der Waals surface area contributed by atoms with E-state index in [1.54, 1.807) is 28.7 Å². The van der Waals surface area contributed by atoms with Gasteiger partial charge in [0.25, 0.3) is 0 Å². The average molecular weight is 387 g/mol. The lowest BCUT2D eigenvalue weighted by molar-refractivity contribution is 0.461. The molecule has 144 valence electrons. The molecule has 1 aromatic carbocycles. The maximum Gasteiger partial charge on any atom is 0.243 e. The molecule has 6 nitrogen and oxygen atoms in total. The van der Waals surface area contributed by atoms with E-state index in [0.717, 1.165) is 36.9 Å². The fraction of sp³-hybridized carbons (Fsp3) is 0.500. The summed E-state index contributed by atoms with van der Waals surface area (Å²) >= 11 is 0. The highest BCUT2D eigenvalue weighted by Gasteiger charge is 2.27. The SMILES string of the molecule is O=S(=O)(c1cccc(-c2ccnc(NC3CCCCC3)n2)c1)N1CCCC1. The lowest BCUT2D eigenvalue weighted by Gasteiger charge is -2.22. The van der Waals surface area contributed by atoms with Crippen molar-refractivity contribution in [1.82, 2.24) is 14.3 Å². The van der Waals surface area contributed by atoms with E-state index >= 15 is 0 Å². The molecule has 0 atom stereocenters. The molecule has 2 fully saturated rings. The minimum atomic E-state index is -3.43. The number of aromatic nitrogens is 2. The van der Waals surface area contributed by atoms with Crippen molar-refractivity contribution >= 4 is 16.0 Å². The van der Waals surface area contributed by atoms with Crippen LogP contribution in [0.2, 0.25) is 0 Å². The Morgan fingerprint density at radius 3 is 2.56 bits per heavy atom. The first kappa shape index (κ1) is 18.4. The Morgan fingerprint density at radius 1 is 1.00 bits per heavy atom. The molecular weight excluding hydrogens is 360 g/mol. The van der Waals surface area contributed by atoms with Crippen molar-refractivity contribution in [3.8, 4) is 11.3 Å². The third-order valence-corrected chi connectivity index (χ3v) is 7.32. The number of anilines is 1. The van der Waals surface area contributed by atoms with Gasteiger partial charge in [0.2, 0.25) is 16.0 Å². The van der Waals surface area contributed by atoms with E-state index in [0.29, 0.717) is 30.0 Å². The van der Waals surface area contributed by atoms with E-state index in [1.165, 1.54) is 19.3 Å². The summed E-state index contributed by atoms with van der Waals surface area (Å²) in [6.45, 7) is 1.21. The van der Waals surface area contributed by atoms with Gasteiger partial charge in [-0.25, -0.2) is 18.4 Å². The number of rotatable bonds is 5. The molecule has 0 spiro atoms. The Hall–Kier alpha value is -1.99. The van der Waals surface area contributed by atoms with Crippen LogP contribution in [0.5, 0.6) is 0 Å². The number of sulfonamides is 1. The Labute approximate surface area is 161 Å². The number of hydrogen-bond acceptors (Lipinski definition) is 5. The topological polar surface area (TPSA) is 75.2 Å². The molecule has 0 unspecified atom stereocenters. The minimum absolute atomic E-state index is 0.335. The van der Waals surface area contributed by atoms with Gasteiger partial charge in [-0.15, -0.1) is 0 Å². The summed E-state index contributed by atoms with van der Waals surface area (Å²) in [6.07, 6.45) is 9.68. The van der Waals surface area contributed by atoms with Crippen molar-refractivity contribution < 1.29 is 8.42 Å². The van der Waals surface area contributed by atoms with Gasteiger partial charge >= 0.3 is 0 Å². The Balaban J connectivity index is 1.57. The van der Waals surface area contributed by atoms with Gasteiger partial charge in [-0.1, -0.05) is 31.4 Å². The Morgan fingerprint density at radius 2 is 1.78 bits per heavy atom. The molecule has 4 rings (SSSR count). The van der Waals surface area contributed by atoms with Crippen molar-refractivity contribution in [1.29, 1.82) is 0 Å². The lowest BCUT2D eigenvalue weighted by atomic mass is 9.96. The van der Waals surface area contributed by atoms with Crippen molar-refractivity contribution in [2.75, 3.05) is 18.4 Å². The van der Waals surface area contributed by atoms with Crippen molar-refractivity contribution in [2.45, 2.75) is 55.9 Å². The molecule has 1 saturated heterocycles. The fourth-order valence-electron chi connectivity index (χ4n) is 3.91. The van der Waals surface area contributed by atoms with Gasteiger partial charge in [0.05, 0.1) is 10.6 Å². The monoisotopic (exact) mass is 386 g/mol. The zero-order valence-corrected chi connectivity index (χ0v) is 16.3. The molecule has 27 heavy (non-hydrogen) atoms.